The quantitative estimate of drug-likeness (QED) is 0.0796. The number of likely N-dealkylation sites (N-methyl/N-ethyl adjacent to an activating group) is 1. The molecule has 0 saturated carbocycles. The summed E-state index contributed by atoms with van der Waals surface area (Å²) in [6.07, 6.45) is 10.8. The second-order valence-electron chi connectivity index (χ2n) is 12.3. The van der Waals surface area contributed by atoms with Gasteiger partial charge in [0.25, 0.3) is 0 Å². The number of aryl methyl sites for hydroxylation is 1. The maximum atomic E-state index is 12.7. The minimum atomic E-state index is -4.22. The van der Waals surface area contributed by atoms with E-state index in [0.29, 0.717) is 26.1 Å². The highest BCUT2D eigenvalue weighted by atomic mass is 31.2. The fraction of sp³-hybridized carbons (Fsp3) is 0.525. The molecule has 0 fully saturated rings. The number of anilines is 2. The maximum absolute atomic E-state index is 12.7. The first-order chi connectivity index (χ1) is 23.6. The van der Waals surface area contributed by atoms with Gasteiger partial charge in [-0.2, -0.15) is 0 Å². The molecule has 0 bridgehead atoms. The lowest BCUT2D eigenvalue weighted by molar-refractivity contribution is -0.519. The third-order valence-electron chi connectivity index (χ3n) is 8.91. The highest BCUT2D eigenvalue weighted by molar-refractivity contribution is 7.47. The summed E-state index contributed by atoms with van der Waals surface area (Å²) in [5.74, 6) is 0. The summed E-state index contributed by atoms with van der Waals surface area (Å²) >= 11 is 0. The van der Waals surface area contributed by atoms with Gasteiger partial charge in [-0.1, -0.05) is 38.5 Å². The van der Waals surface area contributed by atoms with Crippen LogP contribution in [0.2, 0.25) is 0 Å². The molecule has 1 N–H and O–H groups in total. The Bertz CT molecular complexity index is 1470. The van der Waals surface area contributed by atoms with Crippen molar-refractivity contribution in [2.24, 2.45) is 0 Å². The van der Waals surface area contributed by atoms with E-state index < -0.39 is 13.9 Å². The Kier molecular flexibility index (Phi) is 17.0. The molecule has 270 valence electrons. The van der Waals surface area contributed by atoms with Gasteiger partial charge in [0.1, 0.15) is 19.2 Å². The van der Waals surface area contributed by atoms with Gasteiger partial charge < -0.3 is 19.4 Å². The summed E-state index contributed by atoms with van der Waals surface area (Å²) in [6, 6.07) is 15.5. The van der Waals surface area contributed by atoms with Crippen molar-refractivity contribution in [2.45, 2.75) is 80.8 Å². The highest BCUT2D eigenvalue weighted by Crippen LogP contribution is 2.45. The van der Waals surface area contributed by atoms with Crippen LogP contribution in [0.25, 0.3) is 5.57 Å². The predicted octanol–water partition coefficient (Wildman–Crippen LogP) is 8.82. The molecular formula is C40H61N3O5P+. The molecule has 0 aliphatic heterocycles. The first kappa shape index (κ1) is 40.4. The lowest BCUT2D eigenvalue weighted by Crippen LogP contribution is -2.36. The zero-order valence-corrected chi connectivity index (χ0v) is 32.2. The fourth-order valence-corrected chi connectivity index (χ4v) is 7.10. The van der Waals surface area contributed by atoms with E-state index in [1.165, 1.54) is 17.0 Å². The van der Waals surface area contributed by atoms with Crippen molar-refractivity contribution in [3.05, 3.63) is 89.0 Å². The van der Waals surface area contributed by atoms with Gasteiger partial charge in [-0.05, 0) is 119 Å². The Morgan fingerprint density at radius 3 is 2.00 bits per heavy atom. The van der Waals surface area contributed by atoms with Crippen molar-refractivity contribution in [2.75, 3.05) is 68.9 Å². The van der Waals surface area contributed by atoms with Crippen molar-refractivity contribution in [1.29, 1.82) is 0 Å². The van der Waals surface area contributed by atoms with Crippen LogP contribution >= 0.6 is 7.82 Å². The van der Waals surface area contributed by atoms with Crippen LogP contribution in [0.3, 0.4) is 0 Å². The molecule has 49 heavy (non-hydrogen) atoms. The van der Waals surface area contributed by atoms with Gasteiger partial charge >= 0.3 is 7.82 Å². The summed E-state index contributed by atoms with van der Waals surface area (Å²) in [7, 11) is -4.22. The zero-order chi connectivity index (χ0) is 35.8. The molecule has 3 rings (SSSR count). The van der Waals surface area contributed by atoms with Crippen LogP contribution in [0.5, 0.6) is 0 Å². The minimum Gasteiger partial charge on any atom is -0.379 e. The number of phosphoric ester groups is 1. The molecule has 8 nitrogen and oxygen atoms in total. The molecule has 0 radical (unpaired) electrons. The number of unbranched alkanes of at least 4 members (excludes halogenated alkanes) is 1. The van der Waals surface area contributed by atoms with Crippen molar-refractivity contribution in [1.82, 2.24) is 0 Å². The van der Waals surface area contributed by atoms with Crippen LogP contribution in [0.1, 0.15) is 84.4 Å². The molecule has 0 spiro atoms. The molecule has 0 aromatic heterocycles. The third-order valence-corrected chi connectivity index (χ3v) is 9.98. The summed E-state index contributed by atoms with van der Waals surface area (Å²) in [5.41, 5.74) is 9.27. The molecule has 0 saturated heterocycles. The van der Waals surface area contributed by atoms with E-state index in [9.17, 15) is 9.46 Å². The Balaban J connectivity index is 2.02. The Morgan fingerprint density at radius 2 is 1.45 bits per heavy atom. The Morgan fingerprint density at radius 1 is 0.816 bits per heavy atom. The second-order valence-corrected chi connectivity index (χ2v) is 13.7. The predicted molar refractivity (Wildman–Crippen MR) is 206 cm³/mol. The van der Waals surface area contributed by atoms with Crippen LogP contribution < -0.4 is 9.80 Å². The number of phosphoric acid groups is 1. The van der Waals surface area contributed by atoms with E-state index in [0.717, 1.165) is 67.0 Å². The first-order valence-electron chi connectivity index (χ1n) is 18.3. The molecule has 2 atom stereocenters. The lowest BCUT2D eigenvalue weighted by Gasteiger charge is -2.30. The topological polar surface area (TPSA) is 74.5 Å². The van der Waals surface area contributed by atoms with E-state index in [1.54, 1.807) is 0 Å². The van der Waals surface area contributed by atoms with Crippen molar-refractivity contribution in [3.63, 3.8) is 0 Å². The SMILES string of the molecule is CCCCOCC(CN(CC)c1ccc(C(=C2C=CC(=[N+](CC)CC)C=C2)c2ccc(N(CC)CC)cc2)c(C)c1)OP(=O)(O)OCCC. The smallest absolute Gasteiger partial charge is 0.379 e. The number of allylic oxidation sites excluding steroid dienone is 5. The number of ether oxygens (including phenoxy) is 1. The van der Waals surface area contributed by atoms with E-state index in [4.69, 9.17) is 13.8 Å². The van der Waals surface area contributed by atoms with Gasteiger partial charge in [-0.15, -0.1) is 0 Å². The molecule has 1 aliphatic carbocycles. The maximum Gasteiger partial charge on any atom is 0.472 e. The monoisotopic (exact) mass is 694 g/mol. The molecule has 1 aliphatic rings. The van der Waals surface area contributed by atoms with Crippen LogP contribution in [-0.2, 0) is 18.3 Å². The minimum absolute atomic E-state index is 0.157. The van der Waals surface area contributed by atoms with Crippen molar-refractivity contribution in [3.8, 4) is 0 Å². The number of hydrogen-bond acceptors (Lipinski definition) is 6. The van der Waals surface area contributed by atoms with Gasteiger partial charge in [0.05, 0.1) is 13.2 Å². The second kappa shape index (κ2) is 20.6. The summed E-state index contributed by atoms with van der Waals surface area (Å²) in [6.45, 7) is 22.9. The number of nitrogens with zero attached hydrogens (tertiary/aromatic N) is 3. The van der Waals surface area contributed by atoms with Crippen LogP contribution in [0, 0.1) is 6.92 Å². The van der Waals surface area contributed by atoms with Gasteiger partial charge in [-0.3, -0.25) is 9.05 Å². The third kappa shape index (κ3) is 11.8. The summed E-state index contributed by atoms with van der Waals surface area (Å²) in [5, 5.41) is 0. The number of rotatable bonds is 21. The van der Waals surface area contributed by atoms with E-state index >= 15 is 0 Å². The van der Waals surface area contributed by atoms with Crippen LogP contribution in [-0.4, -0.2) is 80.4 Å². The van der Waals surface area contributed by atoms with Gasteiger partial charge in [0.15, 0.2) is 5.71 Å². The highest BCUT2D eigenvalue weighted by Gasteiger charge is 2.28. The zero-order valence-electron chi connectivity index (χ0n) is 31.3. The molecule has 0 heterocycles. The van der Waals surface area contributed by atoms with Crippen LogP contribution in [0.4, 0.5) is 11.4 Å². The molecular weight excluding hydrogens is 633 g/mol. The number of hydrogen-bond donors (Lipinski definition) is 1. The first-order valence-corrected chi connectivity index (χ1v) is 19.8. The number of benzene rings is 2. The standard InChI is InChI=1S/C40H60N3O5P/c1-9-16-28-46-31-38(48-49(44,45)47-27-10-2)30-43(15-7)37-25-26-39(32(8)29-37)40(33-17-21-35(22-18-33)41(11-3)12-4)34-19-23-36(24-20-34)42(13-5)14-6/h17-26,29,38H,9-16,27-28,30-31H2,1-8H3/p+1. The fourth-order valence-electron chi connectivity index (χ4n) is 6.12. The van der Waals surface area contributed by atoms with Gasteiger partial charge in [-0.25, -0.2) is 9.14 Å². The van der Waals surface area contributed by atoms with Crippen molar-refractivity contribution < 1.29 is 27.8 Å². The summed E-state index contributed by atoms with van der Waals surface area (Å²) < 4.78 is 31.8. The molecule has 0 amide bonds. The molecule has 2 unspecified atom stereocenters. The average Bonchev–Trinajstić information content (AvgIpc) is 3.11. The van der Waals surface area contributed by atoms with Gasteiger partial charge in [0, 0.05) is 56.3 Å². The van der Waals surface area contributed by atoms with E-state index in [2.05, 4.69) is 130 Å². The van der Waals surface area contributed by atoms with Crippen LogP contribution in [0.15, 0.2) is 72.3 Å². The normalized spacial score (nSPS) is 14.6. The average molecular weight is 695 g/mol. The Hall–Kier alpha value is -3.00. The largest absolute Gasteiger partial charge is 0.472 e. The van der Waals surface area contributed by atoms with E-state index in [-0.39, 0.29) is 13.2 Å². The Labute approximate surface area is 296 Å². The van der Waals surface area contributed by atoms with E-state index in [1.807, 2.05) is 6.92 Å². The van der Waals surface area contributed by atoms with Gasteiger partial charge in [0.2, 0.25) is 0 Å². The molecule has 9 heteroatoms. The molecule has 2 aromatic carbocycles. The lowest BCUT2D eigenvalue weighted by atomic mass is 9.88. The summed E-state index contributed by atoms with van der Waals surface area (Å²) in [4.78, 5) is 14.9. The molecule has 2 aromatic rings. The van der Waals surface area contributed by atoms with Crippen molar-refractivity contribution >= 4 is 30.5 Å².